The van der Waals surface area contributed by atoms with Gasteiger partial charge in [0.25, 0.3) is 0 Å². The number of anilines is 1. The number of rotatable bonds is 7. The Balaban J connectivity index is 1.85. The highest BCUT2D eigenvalue weighted by Gasteiger charge is 2.41. The van der Waals surface area contributed by atoms with Crippen molar-refractivity contribution in [3.05, 3.63) is 29.8 Å². The number of urea groups is 1. The lowest BCUT2D eigenvalue weighted by Crippen LogP contribution is -2.33. The van der Waals surface area contributed by atoms with Crippen molar-refractivity contribution in [3.63, 3.8) is 0 Å². The van der Waals surface area contributed by atoms with E-state index in [4.69, 9.17) is 0 Å². The summed E-state index contributed by atoms with van der Waals surface area (Å²) in [6.07, 6.45) is 4.89. The average molecular weight is 289 g/mol. The Morgan fingerprint density at radius 3 is 2.76 bits per heavy atom. The van der Waals surface area contributed by atoms with E-state index in [-0.39, 0.29) is 12.1 Å². The van der Waals surface area contributed by atoms with Gasteiger partial charge in [0.05, 0.1) is 0 Å². The fourth-order valence-electron chi connectivity index (χ4n) is 2.72. The molecule has 0 aliphatic heterocycles. The lowest BCUT2D eigenvalue weighted by molar-refractivity contribution is 0.249. The van der Waals surface area contributed by atoms with Gasteiger partial charge >= 0.3 is 6.03 Å². The minimum absolute atomic E-state index is 0.105. The molecule has 1 atom stereocenters. The number of hydrogen-bond donors (Lipinski definition) is 3. The summed E-state index contributed by atoms with van der Waals surface area (Å²) in [5, 5.41) is 9.14. The Kier molecular flexibility index (Phi) is 5.23. The van der Waals surface area contributed by atoms with Crippen LogP contribution in [-0.4, -0.2) is 19.6 Å². The molecule has 0 bridgehead atoms. The molecule has 1 aliphatic carbocycles. The molecule has 2 rings (SSSR count). The third kappa shape index (κ3) is 4.46. The van der Waals surface area contributed by atoms with Gasteiger partial charge in [-0.15, -0.1) is 0 Å². The highest BCUT2D eigenvalue weighted by molar-refractivity contribution is 5.89. The predicted octanol–water partition coefficient (Wildman–Crippen LogP) is 3.67. The third-order valence-electron chi connectivity index (χ3n) is 4.44. The maximum Gasteiger partial charge on any atom is 0.319 e. The summed E-state index contributed by atoms with van der Waals surface area (Å²) in [4.78, 5) is 12.0. The monoisotopic (exact) mass is 289 g/mol. The van der Waals surface area contributed by atoms with Gasteiger partial charge in [-0.2, -0.15) is 0 Å². The first-order chi connectivity index (χ1) is 10.1. The third-order valence-corrected chi connectivity index (χ3v) is 4.44. The fourth-order valence-corrected chi connectivity index (χ4v) is 2.72. The fraction of sp³-hybridized carbons (Fsp3) is 0.588. The van der Waals surface area contributed by atoms with E-state index in [0.29, 0.717) is 5.41 Å². The standard InChI is InChI=1S/C17H27N3O/c1-4-8-17(9-10-17)12-19-16(21)20-15-7-5-6-14(11-15)13(2)18-3/h5-7,11,13,18H,4,8-10,12H2,1-3H3,(H2,19,20,21). The van der Waals surface area contributed by atoms with Crippen molar-refractivity contribution in [1.29, 1.82) is 0 Å². The Morgan fingerprint density at radius 2 is 2.14 bits per heavy atom. The van der Waals surface area contributed by atoms with E-state index in [1.807, 2.05) is 25.2 Å². The second-order valence-corrected chi connectivity index (χ2v) is 6.19. The van der Waals surface area contributed by atoms with E-state index in [1.54, 1.807) is 0 Å². The van der Waals surface area contributed by atoms with E-state index in [9.17, 15) is 4.79 Å². The Morgan fingerprint density at radius 1 is 1.38 bits per heavy atom. The van der Waals surface area contributed by atoms with Crippen LogP contribution in [0.2, 0.25) is 0 Å². The largest absolute Gasteiger partial charge is 0.337 e. The zero-order valence-electron chi connectivity index (χ0n) is 13.3. The zero-order chi connectivity index (χ0) is 15.3. The van der Waals surface area contributed by atoms with Crippen LogP contribution in [0.4, 0.5) is 10.5 Å². The van der Waals surface area contributed by atoms with Gasteiger partial charge in [-0.1, -0.05) is 25.5 Å². The number of carbonyl (C=O) groups is 1. The second-order valence-electron chi connectivity index (χ2n) is 6.19. The number of amides is 2. The average Bonchev–Trinajstić information content (AvgIpc) is 3.25. The molecule has 21 heavy (non-hydrogen) atoms. The highest BCUT2D eigenvalue weighted by Crippen LogP contribution is 2.48. The van der Waals surface area contributed by atoms with Crippen LogP contribution in [0.15, 0.2) is 24.3 Å². The number of carbonyl (C=O) groups excluding carboxylic acids is 1. The van der Waals surface area contributed by atoms with Gasteiger partial charge in [0, 0.05) is 18.3 Å². The SMILES string of the molecule is CCCC1(CNC(=O)Nc2cccc(C(C)NC)c2)CC1. The molecular weight excluding hydrogens is 262 g/mol. The van der Waals surface area contributed by atoms with Crippen LogP contribution >= 0.6 is 0 Å². The van der Waals surface area contributed by atoms with Crippen molar-refractivity contribution in [2.24, 2.45) is 5.41 Å². The van der Waals surface area contributed by atoms with Crippen LogP contribution in [0.3, 0.4) is 0 Å². The molecule has 1 aromatic rings. The van der Waals surface area contributed by atoms with Gasteiger partial charge in [0.1, 0.15) is 0 Å². The molecule has 1 saturated carbocycles. The molecule has 3 N–H and O–H groups in total. The molecule has 0 spiro atoms. The van der Waals surface area contributed by atoms with Crippen LogP contribution in [0, 0.1) is 5.41 Å². The lowest BCUT2D eigenvalue weighted by Gasteiger charge is -2.16. The van der Waals surface area contributed by atoms with Crippen LogP contribution in [0.5, 0.6) is 0 Å². The van der Waals surface area contributed by atoms with E-state index < -0.39 is 0 Å². The van der Waals surface area contributed by atoms with E-state index >= 15 is 0 Å². The van der Waals surface area contributed by atoms with Crippen molar-refractivity contribution in [2.75, 3.05) is 18.9 Å². The Bertz CT molecular complexity index is 483. The summed E-state index contributed by atoms with van der Waals surface area (Å²) in [6.45, 7) is 5.09. The smallest absolute Gasteiger partial charge is 0.319 e. The van der Waals surface area contributed by atoms with Gasteiger partial charge in [-0.3, -0.25) is 0 Å². The van der Waals surface area contributed by atoms with Crippen LogP contribution in [-0.2, 0) is 0 Å². The Hall–Kier alpha value is -1.55. The maximum absolute atomic E-state index is 12.0. The molecule has 0 radical (unpaired) electrons. The van der Waals surface area contributed by atoms with E-state index in [1.165, 1.54) is 31.2 Å². The van der Waals surface area contributed by atoms with Crippen molar-refractivity contribution in [1.82, 2.24) is 10.6 Å². The number of hydrogen-bond acceptors (Lipinski definition) is 2. The van der Waals surface area contributed by atoms with Crippen LogP contribution < -0.4 is 16.0 Å². The van der Waals surface area contributed by atoms with Gasteiger partial charge in [0.15, 0.2) is 0 Å². The minimum Gasteiger partial charge on any atom is -0.337 e. The van der Waals surface area contributed by atoms with Crippen LogP contribution in [0.1, 0.15) is 51.1 Å². The molecule has 4 nitrogen and oxygen atoms in total. The second kappa shape index (κ2) is 6.94. The molecule has 0 aromatic heterocycles. The van der Waals surface area contributed by atoms with Crippen molar-refractivity contribution >= 4 is 11.7 Å². The molecule has 0 heterocycles. The zero-order valence-corrected chi connectivity index (χ0v) is 13.3. The topological polar surface area (TPSA) is 53.2 Å². The van der Waals surface area contributed by atoms with Crippen LogP contribution in [0.25, 0.3) is 0 Å². The molecule has 1 aromatic carbocycles. The summed E-state index contributed by atoms with van der Waals surface area (Å²) in [6, 6.07) is 8.13. The van der Waals surface area contributed by atoms with Crippen molar-refractivity contribution < 1.29 is 4.79 Å². The predicted molar refractivity (Wildman–Crippen MR) is 87.5 cm³/mol. The maximum atomic E-state index is 12.0. The molecule has 1 fully saturated rings. The van der Waals surface area contributed by atoms with E-state index in [0.717, 1.165) is 12.2 Å². The normalized spacial score (nSPS) is 17.1. The molecule has 4 heteroatoms. The van der Waals surface area contributed by atoms with Gasteiger partial charge < -0.3 is 16.0 Å². The molecule has 116 valence electrons. The van der Waals surface area contributed by atoms with Gasteiger partial charge in [0.2, 0.25) is 0 Å². The number of benzene rings is 1. The summed E-state index contributed by atoms with van der Waals surface area (Å²) in [5.74, 6) is 0. The van der Waals surface area contributed by atoms with Gasteiger partial charge in [-0.25, -0.2) is 4.79 Å². The first-order valence-electron chi connectivity index (χ1n) is 7.91. The van der Waals surface area contributed by atoms with E-state index in [2.05, 4.69) is 35.9 Å². The molecule has 2 amide bonds. The lowest BCUT2D eigenvalue weighted by atomic mass is 10.0. The van der Waals surface area contributed by atoms with Crippen molar-refractivity contribution in [2.45, 2.75) is 45.6 Å². The molecule has 1 unspecified atom stereocenters. The summed E-state index contributed by atoms with van der Waals surface area (Å²) < 4.78 is 0. The first kappa shape index (κ1) is 15.8. The number of nitrogens with one attached hydrogen (secondary N) is 3. The molecular formula is C17H27N3O. The highest BCUT2D eigenvalue weighted by atomic mass is 16.2. The van der Waals surface area contributed by atoms with Crippen molar-refractivity contribution in [3.8, 4) is 0 Å². The quantitative estimate of drug-likeness (QED) is 0.717. The first-order valence-corrected chi connectivity index (χ1v) is 7.91. The summed E-state index contributed by atoms with van der Waals surface area (Å²) >= 11 is 0. The molecule has 1 aliphatic rings. The summed E-state index contributed by atoms with van der Waals surface area (Å²) in [5.41, 5.74) is 2.39. The Labute approximate surface area is 127 Å². The summed E-state index contributed by atoms with van der Waals surface area (Å²) in [7, 11) is 1.93. The van der Waals surface area contributed by atoms with Gasteiger partial charge in [-0.05, 0) is 56.3 Å². The molecule has 0 saturated heterocycles. The minimum atomic E-state index is -0.105.